The Kier molecular flexibility index (Phi) is 5.77. The van der Waals surface area contributed by atoms with Crippen LogP contribution in [-0.2, 0) is 24.2 Å². The van der Waals surface area contributed by atoms with E-state index < -0.39 is 0 Å². The van der Waals surface area contributed by atoms with Gasteiger partial charge in [-0.05, 0) is 55.3 Å². The predicted molar refractivity (Wildman–Crippen MR) is 138 cm³/mol. The summed E-state index contributed by atoms with van der Waals surface area (Å²) < 4.78 is 26.5. The Balaban J connectivity index is 1.47. The lowest BCUT2D eigenvalue weighted by Crippen LogP contribution is -2.27. The summed E-state index contributed by atoms with van der Waals surface area (Å²) in [6, 6.07) is 9.39. The Labute approximate surface area is 212 Å². The van der Waals surface area contributed by atoms with Crippen molar-refractivity contribution in [2.24, 2.45) is 0 Å². The van der Waals surface area contributed by atoms with Crippen LogP contribution in [-0.4, -0.2) is 49.0 Å². The van der Waals surface area contributed by atoms with Crippen LogP contribution in [0.3, 0.4) is 0 Å². The molecule has 5 aromatic rings. The summed E-state index contributed by atoms with van der Waals surface area (Å²) in [6.45, 7) is 6.13. The Hall–Kier alpha value is -4.02. The number of hydrogen-bond acceptors (Lipinski definition) is 5. The molecule has 0 amide bonds. The molecule has 3 aromatic heterocycles. The molecule has 0 radical (unpaired) electrons. The molecule has 4 heterocycles. The van der Waals surface area contributed by atoms with Gasteiger partial charge >= 0.3 is 5.69 Å². The number of rotatable bonds is 6. The second-order valence-electron chi connectivity index (χ2n) is 9.41. The zero-order chi connectivity index (χ0) is 25.7. The van der Waals surface area contributed by atoms with E-state index in [2.05, 4.69) is 10.4 Å². The maximum Gasteiger partial charge on any atom is 0.338 e. The molecule has 0 unspecified atom stereocenters. The van der Waals surface area contributed by atoms with E-state index in [0.717, 1.165) is 46.5 Å². The minimum atomic E-state index is -0.229. The van der Waals surface area contributed by atoms with Crippen molar-refractivity contribution in [3.8, 4) is 17.2 Å². The lowest BCUT2D eigenvalue weighted by molar-refractivity contribution is 0.185. The number of fused-ring (bicyclic) bond motifs is 2. The molecular formula is C27H28FN7O2. The molecule has 0 atom stereocenters. The average molecular weight is 502 g/mol. The number of nitrogens with one attached hydrogen (secondary N) is 1. The molecule has 0 aliphatic carbocycles. The number of imidazole rings is 1. The Morgan fingerprint density at radius 1 is 1.08 bits per heavy atom. The van der Waals surface area contributed by atoms with Crippen LogP contribution in [0.15, 0.2) is 53.7 Å². The third kappa shape index (κ3) is 3.89. The zero-order valence-corrected chi connectivity index (χ0v) is 21.0. The van der Waals surface area contributed by atoms with Crippen LogP contribution in [0.5, 0.6) is 0 Å². The SMILES string of the molecule is COCCn1ncc2cc(-n3ccn(-c4c5c(nn4-c4cc(C)c(F)c(C)c4)CCNC5)c3=O)ccc21. The van der Waals surface area contributed by atoms with Crippen LogP contribution in [0.4, 0.5) is 4.39 Å². The van der Waals surface area contributed by atoms with Gasteiger partial charge in [0.25, 0.3) is 0 Å². The third-order valence-corrected chi connectivity index (χ3v) is 6.96. The van der Waals surface area contributed by atoms with Gasteiger partial charge in [0, 0.05) is 50.0 Å². The highest BCUT2D eigenvalue weighted by molar-refractivity contribution is 5.81. The monoisotopic (exact) mass is 501 g/mol. The number of aryl methyl sites for hydroxylation is 2. The van der Waals surface area contributed by atoms with E-state index in [9.17, 15) is 9.18 Å². The van der Waals surface area contributed by atoms with Crippen LogP contribution in [0, 0.1) is 19.7 Å². The molecule has 0 spiro atoms. The van der Waals surface area contributed by atoms with Gasteiger partial charge < -0.3 is 10.1 Å². The molecule has 37 heavy (non-hydrogen) atoms. The Morgan fingerprint density at radius 3 is 2.65 bits per heavy atom. The molecule has 10 heteroatoms. The van der Waals surface area contributed by atoms with Crippen molar-refractivity contribution < 1.29 is 9.13 Å². The molecule has 1 N–H and O–H groups in total. The van der Waals surface area contributed by atoms with Crippen LogP contribution in [0.25, 0.3) is 28.1 Å². The minimum absolute atomic E-state index is 0.212. The van der Waals surface area contributed by atoms with Gasteiger partial charge in [-0.15, -0.1) is 0 Å². The van der Waals surface area contributed by atoms with Crippen LogP contribution >= 0.6 is 0 Å². The molecular weight excluding hydrogens is 473 g/mol. The largest absolute Gasteiger partial charge is 0.383 e. The Morgan fingerprint density at radius 2 is 1.86 bits per heavy atom. The van der Waals surface area contributed by atoms with E-state index in [4.69, 9.17) is 9.84 Å². The van der Waals surface area contributed by atoms with Crippen molar-refractivity contribution in [1.29, 1.82) is 0 Å². The molecule has 0 fully saturated rings. The average Bonchev–Trinajstić information content (AvgIpc) is 3.60. The smallest absolute Gasteiger partial charge is 0.338 e. The molecule has 0 saturated heterocycles. The highest BCUT2D eigenvalue weighted by atomic mass is 19.1. The lowest BCUT2D eigenvalue weighted by atomic mass is 10.1. The number of ether oxygens (including phenoxy) is 1. The topological polar surface area (TPSA) is 83.8 Å². The third-order valence-electron chi connectivity index (χ3n) is 6.96. The Bertz CT molecular complexity index is 1670. The van der Waals surface area contributed by atoms with E-state index in [1.54, 1.807) is 65.5 Å². The van der Waals surface area contributed by atoms with E-state index in [1.165, 1.54) is 0 Å². The molecule has 1 aliphatic rings. The normalized spacial score (nSPS) is 13.4. The van der Waals surface area contributed by atoms with E-state index in [-0.39, 0.29) is 11.5 Å². The van der Waals surface area contributed by atoms with Crippen molar-refractivity contribution in [2.45, 2.75) is 33.4 Å². The summed E-state index contributed by atoms with van der Waals surface area (Å²) >= 11 is 0. The van der Waals surface area contributed by atoms with Crippen LogP contribution < -0.4 is 11.0 Å². The second kappa shape index (κ2) is 9.13. The van der Waals surface area contributed by atoms with E-state index in [1.807, 2.05) is 22.9 Å². The molecule has 2 aromatic carbocycles. The molecule has 0 bridgehead atoms. The van der Waals surface area contributed by atoms with Gasteiger partial charge in [0.05, 0.1) is 41.9 Å². The van der Waals surface area contributed by atoms with Crippen molar-refractivity contribution >= 4 is 10.9 Å². The maximum absolute atomic E-state index is 14.4. The summed E-state index contributed by atoms with van der Waals surface area (Å²) in [5.74, 6) is 0.443. The van der Waals surface area contributed by atoms with E-state index >= 15 is 0 Å². The fraction of sp³-hybridized carbons (Fsp3) is 0.296. The number of aromatic nitrogens is 6. The van der Waals surface area contributed by atoms with Crippen LogP contribution in [0.1, 0.15) is 22.4 Å². The quantitative estimate of drug-likeness (QED) is 0.386. The molecule has 9 nitrogen and oxygen atoms in total. The first-order valence-electron chi connectivity index (χ1n) is 12.3. The highest BCUT2D eigenvalue weighted by Crippen LogP contribution is 2.27. The van der Waals surface area contributed by atoms with Gasteiger partial charge in [0.2, 0.25) is 0 Å². The van der Waals surface area contributed by atoms with Gasteiger partial charge in [-0.2, -0.15) is 10.2 Å². The number of benzene rings is 2. The standard InChI is InChI=1S/C27H28FN7O2/c1-17-12-21(13-18(2)25(17)28)35-26(22-16-29-7-6-23(22)31-35)33-9-8-32(27(33)36)20-4-5-24-19(14-20)15-30-34(24)10-11-37-3/h4-5,8-9,12-15,29H,6-7,10-11,16H2,1-3H3. The first-order valence-corrected chi connectivity index (χ1v) is 12.3. The fourth-order valence-corrected chi connectivity index (χ4v) is 5.08. The maximum atomic E-state index is 14.4. The van der Waals surface area contributed by atoms with Crippen molar-refractivity contribution in [3.05, 3.63) is 87.6 Å². The minimum Gasteiger partial charge on any atom is -0.383 e. The fourth-order valence-electron chi connectivity index (χ4n) is 5.08. The van der Waals surface area contributed by atoms with Crippen molar-refractivity contribution in [3.63, 3.8) is 0 Å². The van der Waals surface area contributed by atoms with Gasteiger partial charge in [-0.25, -0.2) is 13.9 Å². The highest BCUT2D eigenvalue weighted by Gasteiger charge is 2.25. The van der Waals surface area contributed by atoms with Crippen molar-refractivity contribution in [1.82, 2.24) is 34.0 Å². The van der Waals surface area contributed by atoms with Gasteiger partial charge in [0.15, 0.2) is 0 Å². The molecule has 0 saturated carbocycles. The van der Waals surface area contributed by atoms with Gasteiger partial charge in [-0.1, -0.05) is 0 Å². The van der Waals surface area contributed by atoms with E-state index in [0.29, 0.717) is 36.6 Å². The van der Waals surface area contributed by atoms with Gasteiger partial charge in [-0.3, -0.25) is 13.8 Å². The summed E-state index contributed by atoms with van der Waals surface area (Å²) in [4.78, 5) is 13.8. The molecule has 6 rings (SSSR count). The number of halogens is 1. The number of methoxy groups -OCH3 is 1. The van der Waals surface area contributed by atoms with Gasteiger partial charge in [0.1, 0.15) is 11.6 Å². The summed E-state index contributed by atoms with van der Waals surface area (Å²) in [6.07, 6.45) is 6.08. The zero-order valence-electron chi connectivity index (χ0n) is 21.0. The molecule has 1 aliphatic heterocycles. The first-order chi connectivity index (χ1) is 18.0. The number of hydrogen-bond donors (Lipinski definition) is 1. The summed E-state index contributed by atoms with van der Waals surface area (Å²) in [5.41, 5.74) is 5.23. The second-order valence-corrected chi connectivity index (χ2v) is 9.41. The molecule has 190 valence electrons. The summed E-state index contributed by atoms with van der Waals surface area (Å²) in [7, 11) is 1.67. The summed E-state index contributed by atoms with van der Waals surface area (Å²) in [5, 5.41) is 13.6. The predicted octanol–water partition coefficient (Wildman–Crippen LogP) is 3.21. The lowest BCUT2D eigenvalue weighted by Gasteiger charge is -2.14. The van der Waals surface area contributed by atoms with Crippen LogP contribution in [0.2, 0.25) is 0 Å². The first kappa shape index (κ1) is 23.4. The van der Waals surface area contributed by atoms with Crippen molar-refractivity contribution in [2.75, 3.05) is 20.3 Å². The number of nitrogens with zero attached hydrogens (tertiary/aromatic N) is 6.